The second-order valence-electron chi connectivity index (χ2n) is 7.96. The summed E-state index contributed by atoms with van der Waals surface area (Å²) in [5, 5.41) is 0. The second-order valence-corrected chi connectivity index (χ2v) is 7.96. The van der Waals surface area contributed by atoms with Crippen LogP contribution in [-0.4, -0.2) is 44.6 Å². The molecule has 2 aromatic carbocycles. The van der Waals surface area contributed by atoms with Gasteiger partial charge in [-0.15, -0.1) is 0 Å². The van der Waals surface area contributed by atoms with Crippen LogP contribution in [0.5, 0.6) is 0 Å². The lowest BCUT2D eigenvalue weighted by atomic mass is 9.73. The smallest absolute Gasteiger partial charge is 0.312 e. The van der Waals surface area contributed by atoms with Crippen LogP contribution in [0.1, 0.15) is 17.5 Å². The van der Waals surface area contributed by atoms with E-state index >= 15 is 0 Å². The summed E-state index contributed by atoms with van der Waals surface area (Å²) in [4.78, 5) is 25.6. The Morgan fingerprint density at radius 3 is 2.20 bits per heavy atom. The van der Waals surface area contributed by atoms with Gasteiger partial charge < -0.3 is 18.9 Å². The van der Waals surface area contributed by atoms with Crippen LogP contribution in [0.3, 0.4) is 0 Å². The predicted molar refractivity (Wildman–Crippen MR) is 111 cm³/mol. The van der Waals surface area contributed by atoms with E-state index in [1.807, 2.05) is 68.5 Å². The summed E-state index contributed by atoms with van der Waals surface area (Å²) >= 11 is 0. The lowest BCUT2D eigenvalue weighted by Crippen LogP contribution is -2.51. The zero-order valence-electron chi connectivity index (χ0n) is 17.0. The van der Waals surface area contributed by atoms with Gasteiger partial charge in [0.05, 0.1) is 25.6 Å². The van der Waals surface area contributed by atoms with Crippen LogP contribution >= 0.6 is 0 Å². The molecule has 2 aliphatic heterocycles. The minimum absolute atomic E-state index is 0.0498. The average Bonchev–Trinajstić information content (AvgIpc) is 2.93. The fraction of sp³-hybridized carbons (Fsp3) is 0.391. The Hall–Kier alpha value is -2.64. The molecule has 156 valence electrons. The predicted octanol–water partition coefficient (Wildman–Crippen LogP) is 1.85. The normalized spacial score (nSPS) is 27.4. The van der Waals surface area contributed by atoms with Gasteiger partial charge in [0.1, 0.15) is 26.7 Å². The maximum Gasteiger partial charge on any atom is 0.312 e. The van der Waals surface area contributed by atoms with E-state index < -0.39 is 17.5 Å². The van der Waals surface area contributed by atoms with Crippen molar-refractivity contribution < 1.29 is 28.5 Å². The van der Waals surface area contributed by atoms with Crippen molar-refractivity contribution in [3.8, 4) is 0 Å². The van der Waals surface area contributed by atoms with Crippen LogP contribution in [0, 0.1) is 11.8 Å². The molecule has 2 unspecified atom stereocenters. The quantitative estimate of drug-likeness (QED) is 0.515. The Morgan fingerprint density at radius 2 is 1.57 bits per heavy atom. The lowest BCUT2D eigenvalue weighted by Gasteiger charge is -2.37. The molecule has 2 aliphatic rings. The first kappa shape index (κ1) is 20.6. The molecule has 0 spiro atoms. The Morgan fingerprint density at radius 1 is 0.967 bits per heavy atom. The minimum atomic E-state index is -1.05. The molecule has 0 N–H and O–H groups in total. The van der Waals surface area contributed by atoms with Crippen LogP contribution < -0.4 is 0 Å². The van der Waals surface area contributed by atoms with E-state index in [9.17, 15) is 9.59 Å². The summed E-state index contributed by atoms with van der Waals surface area (Å²) in [6.45, 7) is 0.942. The third-order valence-corrected chi connectivity index (χ3v) is 5.84. The van der Waals surface area contributed by atoms with Crippen LogP contribution in [0.25, 0.3) is 0 Å². The molecule has 7 heteroatoms. The van der Waals surface area contributed by atoms with Crippen molar-refractivity contribution in [1.82, 2.24) is 0 Å². The second kappa shape index (κ2) is 9.02. The molecule has 6 nitrogen and oxygen atoms in total. The Bertz CT molecular complexity index is 874. The van der Waals surface area contributed by atoms with Crippen molar-refractivity contribution in [3.05, 3.63) is 71.8 Å². The molecule has 2 bridgehead atoms. The summed E-state index contributed by atoms with van der Waals surface area (Å²) < 4.78 is 22.9. The molecule has 2 heterocycles. The van der Waals surface area contributed by atoms with Crippen molar-refractivity contribution in [3.63, 3.8) is 0 Å². The Kier molecular flexibility index (Phi) is 6.20. The number of benzene rings is 2. The largest absolute Gasteiger partial charge is 0.461 e. The highest BCUT2D eigenvalue weighted by molar-refractivity contribution is 6.11. The van der Waals surface area contributed by atoms with Gasteiger partial charge in [-0.1, -0.05) is 60.7 Å². The molecule has 2 saturated heterocycles. The summed E-state index contributed by atoms with van der Waals surface area (Å²) in [6.07, 6.45) is -0.0498. The van der Waals surface area contributed by atoms with Gasteiger partial charge in [0.25, 0.3) is 0 Å². The number of carbonyl (C=O) groups excluding carboxylic acids is 2. The third kappa shape index (κ3) is 4.42. The number of hydrogen-bond acceptors (Lipinski definition) is 6. The minimum Gasteiger partial charge on any atom is -0.461 e. The van der Waals surface area contributed by atoms with Crippen LogP contribution in [0.2, 0.25) is 0 Å². The van der Waals surface area contributed by atoms with Gasteiger partial charge in [-0.3, -0.25) is 9.59 Å². The van der Waals surface area contributed by atoms with Gasteiger partial charge in [0.2, 0.25) is 0 Å². The van der Waals surface area contributed by atoms with E-state index in [2.05, 4.69) is 0 Å². The molecule has 4 rings (SSSR count). The summed E-state index contributed by atoms with van der Waals surface area (Å²) in [5.41, 5.74) is 0.764. The number of hydrogen-bond donors (Lipinski definition) is 0. The zero-order valence-corrected chi connectivity index (χ0v) is 17.0. The molecule has 0 saturated carbocycles. The lowest BCUT2D eigenvalue weighted by molar-refractivity contribution is -0.175. The van der Waals surface area contributed by atoms with Gasteiger partial charge in [0.15, 0.2) is 0 Å². The molecule has 30 heavy (non-hydrogen) atoms. The van der Waals surface area contributed by atoms with Gasteiger partial charge in [-0.2, -0.15) is 0 Å². The third-order valence-electron chi connectivity index (χ3n) is 5.84. The van der Waals surface area contributed by atoms with Crippen molar-refractivity contribution >= 4 is 19.8 Å². The number of fused-ring (bicyclic) bond motifs is 2. The monoisotopic (exact) mass is 408 g/mol. The van der Waals surface area contributed by atoms with Crippen molar-refractivity contribution in [2.75, 3.05) is 13.2 Å². The van der Waals surface area contributed by atoms with E-state index in [4.69, 9.17) is 18.9 Å². The summed E-state index contributed by atoms with van der Waals surface area (Å²) in [5.74, 6) is -1.48. The highest BCUT2D eigenvalue weighted by Gasteiger charge is 2.61. The highest BCUT2D eigenvalue weighted by atomic mass is 16.6. The maximum absolute atomic E-state index is 13.0. The van der Waals surface area contributed by atoms with Crippen molar-refractivity contribution in [2.45, 2.75) is 31.2 Å². The van der Waals surface area contributed by atoms with Crippen LogP contribution in [0.4, 0.5) is 0 Å². The Labute approximate surface area is 176 Å². The number of ether oxygens (including phenoxy) is 4. The SMILES string of the molecule is B[C@@H]1O[C@@]2(CC(=O)OCc3ccccc3)COCC1C2C(=O)OCc1ccccc1. The molecular formula is C23H25BO6. The molecule has 0 aromatic heterocycles. The summed E-state index contributed by atoms with van der Waals surface area (Å²) in [6, 6.07) is 18.8. The molecule has 2 fully saturated rings. The number of esters is 2. The average molecular weight is 408 g/mol. The van der Waals surface area contributed by atoms with E-state index in [1.54, 1.807) is 0 Å². The van der Waals surface area contributed by atoms with E-state index in [1.165, 1.54) is 0 Å². The van der Waals surface area contributed by atoms with Gasteiger partial charge >= 0.3 is 11.9 Å². The van der Waals surface area contributed by atoms with Crippen molar-refractivity contribution in [2.24, 2.45) is 11.8 Å². The van der Waals surface area contributed by atoms with Gasteiger partial charge in [-0.05, 0) is 11.1 Å². The van der Waals surface area contributed by atoms with Crippen molar-refractivity contribution in [1.29, 1.82) is 0 Å². The number of carbonyl (C=O) groups is 2. The fourth-order valence-electron chi connectivity index (χ4n) is 4.36. The first-order valence-corrected chi connectivity index (χ1v) is 10.2. The molecular weight excluding hydrogens is 383 g/mol. The summed E-state index contributed by atoms with van der Waals surface area (Å²) in [7, 11) is 1.91. The molecule has 2 aromatic rings. The number of rotatable bonds is 7. The molecule has 0 amide bonds. The molecule has 0 radical (unpaired) electrons. The van der Waals surface area contributed by atoms with Gasteiger partial charge in [0, 0.05) is 11.9 Å². The maximum atomic E-state index is 13.0. The standard InChI is InChI=1S/C23H25BO6/c24-21-18-14-27-15-23(30-21,11-19(25)28-12-16-7-3-1-4-8-16)20(18)22(26)29-13-17-9-5-2-6-10-17/h1-10,18,20-21H,11-15,24H2/t18?,20?,21-,23+/m1/s1. The van der Waals surface area contributed by atoms with Gasteiger partial charge in [-0.25, -0.2) is 0 Å². The van der Waals surface area contributed by atoms with E-state index in [-0.39, 0.29) is 44.1 Å². The van der Waals surface area contributed by atoms with Crippen LogP contribution in [-0.2, 0) is 41.8 Å². The Balaban J connectivity index is 1.43. The molecule has 0 aliphatic carbocycles. The van der Waals surface area contributed by atoms with E-state index in [0.717, 1.165) is 11.1 Å². The zero-order chi connectivity index (χ0) is 21.0. The first-order chi connectivity index (χ1) is 14.6. The fourth-order valence-corrected chi connectivity index (χ4v) is 4.36. The van der Waals surface area contributed by atoms with Crippen LogP contribution in [0.15, 0.2) is 60.7 Å². The highest BCUT2D eigenvalue weighted by Crippen LogP contribution is 2.46. The molecule has 4 atom stereocenters. The first-order valence-electron chi connectivity index (χ1n) is 10.2. The van der Waals surface area contributed by atoms with E-state index in [0.29, 0.717) is 6.61 Å². The topological polar surface area (TPSA) is 71.1 Å².